The predicted octanol–water partition coefficient (Wildman–Crippen LogP) is 4.37. The SMILES string of the molecule is COCc1ccc(-c2ccc3nc(NCc4ccc(NS(=O)O)cc4)nc(NC4(C)CC4)c3n2)cc1S(C)(=O)=O. The van der Waals surface area contributed by atoms with E-state index in [0.717, 1.165) is 18.4 Å². The van der Waals surface area contributed by atoms with E-state index in [4.69, 9.17) is 19.3 Å². The highest BCUT2D eigenvalue weighted by molar-refractivity contribution is 7.90. The van der Waals surface area contributed by atoms with Crippen LogP contribution in [-0.4, -0.2) is 51.0 Å². The van der Waals surface area contributed by atoms with Gasteiger partial charge < -0.3 is 15.4 Å². The van der Waals surface area contributed by atoms with Crippen molar-refractivity contribution in [2.45, 2.75) is 43.4 Å². The van der Waals surface area contributed by atoms with E-state index in [1.165, 1.54) is 13.4 Å². The van der Waals surface area contributed by atoms with Crippen LogP contribution in [0.15, 0.2) is 59.5 Å². The van der Waals surface area contributed by atoms with Crippen LogP contribution in [0, 0.1) is 0 Å². The van der Waals surface area contributed by atoms with Gasteiger partial charge in [-0.2, -0.15) is 4.98 Å². The average molecular weight is 583 g/mol. The third-order valence-electron chi connectivity index (χ3n) is 6.63. The minimum absolute atomic E-state index is 0.0723. The van der Waals surface area contributed by atoms with Crippen LogP contribution >= 0.6 is 0 Å². The third-order valence-corrected chi connectivity index (χ3v) is 8.22. The van der Waals surface area contributed by atoms with Gasteiger partial charge in [-0.15, -0.1) is 0 Å². The van der Waals surface area contributed by atoms with Gasteiger partial charge in [0.25, 0.3) is 11.3 Å². The van der Waals surface area contributed by atoms with Gasteiger partial charge in [0.2, 0.25) is 5.95 Å². The smallest absolute Gasteiger partial charge is 0.259 e. The summed E-state index contributed by atoms with van der Waals surface area (Å²) >= 11 is -2.13. The van der Waals surface area contributed by atoms with Crippen LogP contribution in [0.4, 0.5) is 17.5 Å². The minimum Gasteiger partial charge on any atom is -0.380 e. The number of ether oxygens (including phenoxy) is 1. The predicted molar refractivity (Wildman–Crippen MR) is 156 cm³/mol. The average Bonchev–Trinajstić information content (AvgIpc) is 3.64. The van der Waals surface area contributed by atoms with Gasteiger partial charge in [-0.25, -0.2) is 22.6 Å². The molecule has 40 heavy (non-hydrogen) atoms. The van der Waals surface area contributed by atoms with Crippen LogP contribution in [0.25, 0.3) is 22.3 Å². The fourth-order valence-electron chi connectivity index (χ4n) is 4.25. The molecule has 1 aliphatic rings. The van der Waals surface area contributed by atoms with E-state index in [1.54, 1.807) is 24.3 Å². The van der Waals surface area contributed by atoms with E-state index >= 15 is 0 Å². The van der Waals surface area contributed by atoms with Crippen molar-refractivity contribution in [1.82, 2.24) is 15.0 Å². The molecule has 1 fully saturated rings. The summed E-state index contributed by atoms with van der Waals surface area (Å²) in [6.07, 6.45) is 3.21. The van der Waals surface area contributed by atoms with E-state index in [2.05, 4.69) is 27.3 Å². The lowest BCUT2D eigenvalue weighted by molar-refractivity contribution is 0.182. The highest BCUT2D eigenvalue weighted by Gasteiger charge is 2.38. The second kappa shape index (κ2) is 11.1. The van der Waals surface area contributed by atoms with Crippen molar-refractivity contribution < 1.29 is 21.9 Å². The lowest BCUT2D eigenvalue weighted by Crippen LogP contribution is -2.18. The van der Waals surface area contributed by atoms with Crippen LogP contribution in [0.3, 0.4) is 0 Å². The Kier molecular flexibility index (Phi) is 7.73. The van der Waals surface area contributed by atoms with Gasteiger partial charge >= 0.3 is 0 Å². The molecule has 1 atom stereocenters. The molecule has 0 bridgehead atoms. The van der Waals surface area contributed by atoms with Gasteiger partial charge in [-0.1, -0.05) is 24.3 Å². The molecule has 5 rings (SSSR count). The maximum absolute atomic E-state index is 12.5. The summed E-state index contributed by atoms with van der Waals surface area (Å²) in [5.74, 6) is 1.02. The zero-order valence-corrected chi connectivity index (χ0v) is 23.9. The van der Waals surface area contributed by atoms with E-state index in [9.17, 15) is 12.6 Å². The molecule has 0 aliphatic heterocycles. The second-order valence-electron chi connectivity index (χ2n) is 10.1. The Morgan fingerprint density at radius 1 is 1.05 bits per heavy atom. The van der Waals surface area contributed by atoms with Gasteiger partial charge in [0, 0.05) is 36.7 Å². The first-order valence-electron chi connectivity index (χ1n) is 12.5. The molecule has 4 N–H and O–H groups in total. The number of methoxy groups -OCH3 is 1. The van der Waals surface area contributed by atoms with E-state index < -0.39 is 21.1 Å². The van der Waals surface area contributed by atoms with Crippen LogP contribution in [0.2, 0.25) is 0 Å². The van der Waals surface area contributed by atoms with Crippen molar-refractivity contribution >= 4 is 49.6 Å². The maximum atomic E-state index is 12.5. The number of hydrogen-bond acceptors (Lipinski definition) is 9. The number of rotatable bonds is 11. The van der Waals surface area contributed by atoms with Crippen molar-refractivity contribution in [3.05, 3.63) is 65.7 Å². The Labute approximate surface area is 235 Å². The van der Waals surface area contributed by atoms with E-state index in [1.807, 2.05) is 30.3 Å². The first kappa shape index (κ1) is 27.9. The largest absolute Gasteiger partial charge is 0.380 e. The number of fused-ring (bicyclic) bond motifs is 1. The normalized spacial score (nSPS) is 15.0. The van der Waals surface area contributed by atoms with Crippen LogP contribution in [-0.2, 0) is 39.0 Å². The monoisotopic (exact) mass is 582 g/mol. The summed E-state index contributed by atoms with van der Waals surface area (Å²) in [5.41, 5.74) is 4.48. The first-order valence-corrected chi connectivity index (χ1v) is 15.5. The first-order chi connectivity index (χ1) is 19.0. The number of sulfone groups is 1. The summed E-state index contributed by atoms with van der Waals surface area (Å²) in [6.45, 7) is 2.76. The summed E-state index contributed by atoms with van der Waals surface area (Å²) in [5, 5.41) is 6.76. The Hall–Kier alpha value is -3.65. The maximum Gasteiger partial charge on any atom is 0.259 e. The molecular formula is C27H30N6O5S2. The molecule has 1 unspecified atom stereocenters. The Balaban J connectivity index is 1.47. The standard InChI is InChI=1S/C27H30N6O5S2/c1-27(12-13-27)32-25-24-22(30-26(31-25)28-15-17-4-8-20(9-5-17)33-39(34)35)11-10-21(29-24)18-6-7-19(16-38-2)23(14-18)40(3,36)37/h4-11,14,33H,12-13,15-16H2,1-3H3,(H,34,35)(H2,28,30,31,32). The number of pyridine rings is 1. The molecule has 13 heteroatoms. The second-order valence-corrected chi connectivity index (χ2v) is 12.8. The van der Waals surface area contributed by atoms with E-state index in [-0.39, 0.29) is 17.0 Å². The quantitative estimate of drug-likeness (QED) is 0.187. The fourth-order valence-corrected chi connectivity index (χ4v) is 5.53. The topological polar surface area (TPSA) is 155 Å². The third kappa shape index (κ3) is 6.55. The zero-order chi connectivity index (χ0) is 28.5. The molecule has 11 nitrogen and oxygen atoms in total. The summed E-state index contributed by atoms with van der Waals surface area (Å²) < 4.78 is 52.4. The number of anilines is 3. The molecule has 2 aromatic heterocycles. The molecule has 1 saturated carbocycles. The molecule has 2 heterocycles. The lowest BCUT2D eigenvalue weighted by Gasteiger charge is -2.16. The van der Waals surface area contributed by atoms with Crippen LogP contribution in [0.1, 0.15) is 30.9 Å². The lowest BCUT2D eigenvalue weighted by atomic mass is 10.1. The highest BCUT2D eigenvalue weighted by Crippen LogP contribution is 2.39. The summed E-state index contributed by atoms with van der Waals surface area (Å²) in [6, 6.07) is 16.0. The van der Waals surface area contributed by atoms with E-state index in [0.29, 0.717) is 51.9 Å². The van der Waals surface area contributed by atoms with Gasteiger partial charge in [0.15, 0.2) is 15.7 Å². The fraction of sp³-hybridized carbons (Fsp3) is 0.296. The summed E-state index contributed by atoms with van der Waals surface area (Å²) in [7, 11) is -1.95. The highest BCUT2D eigenvalue weighted by atomic mass is 32.2. The number of benzene rings is 2. The van der Waals surface area contributed by atoms with Crippen molar-refractivity contribution in [2.75, 3.05) is 28.7 Å². The van der Waals surface area contributed by atoms with Gasteiger partial charge in [0.1, 0.15) is 5.52 Å². The Bertz CT molecular complexity index is 1690. The molecule has 210 valence electrons. The number of nitrogens with zero attached hydrogens (tertiary/aromatic N) is 3. The molecule has 0 radical (unpaired) electrons. The molecule has 1 aliphatic carbocycles. The van der Waals surface area contributed by atoms with Gasteiger partial charge in [0.05, 0.1) is 22.7 Å². The zero-order valence-electron chi connectivity index (χ0n) is 22.3. The van der Waals surface area contributed by atoms with Crippen molar-refractivity contribution in [2.24, 2.45) is 0 Å². The van der Waals surface area contributed by atoms with Crippen molar-refractivity contribution in [1.29, 1.82) is 0 Å². The molecular weight excluding hydrogens is 552 g/mol. The van der Waals surface area contributed by atoms with Gasteiger partial charge in [-0.3, -0.25) is 9.27 Å². The Morgan fingerprint density at radius 2 is 1.80 bits per heavy atom. The number of aromatic nitrogens is 3. The molecule has 0 saturated heterocycles. The van der Waals surface area contributed by atoms with Crippen LogP contribution in [0.5, 0.6) is 0 Å². The van der Waals surface area contributed by atoms with Crippen molar-refractivity contribution in [3.63, 3.8) is 0 Å². The molecule has 0 amide bonds. The number of nitrogens with one attached hydrogen (secondary N) is 3. The minimum atomic E-state index is -3.48. The summed E-state index contributed by atoms with van der Waals surface area (Å²) in [4.78, 5) is 14.5. The number of hydrogen-bond donors (Lipinski definition) is 4. The Morgan fingerprint density at radius 3 is 2.45 bits per heavy atom. The van der Waals surface area contributed by atoms with Crippen molar-refractivity contribution in [3.8, 4) is 11.3 Å². The van der Waals surface area contributed by atoms with Gasteiger partial charge in [-0.05, 0) is 61.2 Å². The molecule has 0 spiro atoms. The van der Waals surface area contributed by atoms with Crippen LogP contribution < -0.4 is 15.4 Å². The molecule has 2 aromatic carbocycles. The molecule has 4 aromatic rings.